The first-order chi connectivity index (χ1) is 10.2. The summed E-state index contributed by atoms with van der Waals surface area (Å²) in [5, 5.41) is 3.60. The van der Waals surface area contributed by atoms with Crippen molar-refractivity contribution < 1.29 is 4.74 Å². The van der Waals surface area contributed by atoms with Crippen LogP contribution in [-0.4, -0.2) is 38.2 Å². The third-order valence-electron chi connectivity index (χ3n) is 4.94. The van der Waals surface area contributed by atoms with Crippen LogP contribution in [-0.2, 0) is 6.54 Å². The van der Waals surface area contributed by atoms with Gasteiger partial charge in [0.15, 0.2) is 0 Å². The second kappa shape index (κ2) is 6.67. The van der Waals surface area contributed by atoms with Crippen molar-refractivity contribution in [2.24, 2.45) is 5.41 Å². The largest absolute Gasteiger partial charge is 0.496 e. The normalized spacial score (nSPS) is 27.0. The molecule has 0 aromatic heterocycles. The van der Waals surface area contributed by atoms with Crippen molar-refractivity contribution in [2.45, 2.75) is 32.2 Å². The van der Waals surface area contributed by atoms with Crippen molar-refractivity contribution in [3.63, 3.8) is 0 Å². The molecule has 1 atom stereocenters. The van der Waals surface area contributed by atoms with Gasteiger partial charge in [0.25, 0.3) is 0 Å². The van der Waals surface area contributed by atoms with Gasteiger partial charge in [-0.15, -0.1) is 0 Å². The Kier molecular flexibility index (Phi) is 4.87. The molecular formula is C17H25BrN2O. The number of piperidine rings is 2. The number of ether oxygens (including phenoxy) is 1. The minimum absolute atomic E-state index is 0.510. The molecule has 2 saturated heterocycles. The molecule has 0 radical (unpaired) electrons. The van der Waals surface area contributed by atoms with E-state index in [1.165, 1.54) is 57.4 Å². The fourth-order valence-electron chi connectivity index (χ4n) is 3.94. The first kappa shape index (κ1) is 15.3. The van der Waals surface area contributed by atoms with Crippen molar-refractivity contribution >= 4 is 15.9 Å². The number of nitrogens with one attached hydrogen (secondary N) is 1. The first-order valence-corrected chi connectivity index (χ1v) is 8.76. The van der Waals surface area contributed by atoms with Crippen LogP contribution in [0.4, 0.5) is 0 Å². The molecule has 21 heavy (non-hydrogen) atoms. The van der Waals surface area contributed by atoms with Gasteiger partial charge < -0.3 is 10.1 Å². The molecule has 1 aromatic carbocycles. The molecule has 2 aliphatic heterocycles. The standard InChI is InChI=1S/C17H25BrN2O/c1-21-16-5-4-15(18)10-14(16)11-20-9-3-7-17(13-20)6-2-8-19-12-17/h4-5,10,19H,2-3,6-9,11-13H2,1H3. The first-order valence-electron chi connectivity index (χ1n) is 7.96. The highest BCUT2D eigenvalue weighted by atomic mass is 79.9. The van der Waals surface area contributed by atoms with Gasteiger partial charge in [0.1, 0.15) is 5.75 Å². The second-order valence-corrected chi connectivity index (χ2v) is 7.47. The molecule has 4 heteroatoms. The summed E-state index contributed by atoms with van der Waals surface area (Å²) >= 11 is 3.58. The van der Waals surface area contributed by atoms with Gasteiger partial charge in [-0.3, -0.25) is 4.90 Å². The van der Waals surface area contributed by atoms with Crippen LogP contribution in [0.15, 0.2) is 22.7 Å². The topological polar surface area (TPSA) is 24.5 Å². The number of hydrogen-bond acceptors (Lipinski definition) is 3. The van der Waals surface area contributed by atoms with Crippen LogP contribution in [0.1, 0.15) is 31.2 Å². The Morgan fingerprint density at radius 3 is 2.95 bits per heavy atom. The Hall–Kier alpha value is -0.580. The summed E-state index contributed by atoms with van der Waals surface area (Å²) in [6, 6.07) is 6.30. The molecule has 3 rings (SSSR count). The van der Waals surface area contributed by atoms with Crippen molar-refractivity contribution in [3.05, 3.63) is 28.2 Å². The van der Waals surface area contributed by atoms with E-state index in [9.17, 15) is 0 Å². The molecule has 0 amide bonds. The van der Waals surface area contributed by atoms with Crippen molar-refractivity contribution in [3.8, 4) is 5.75 Å². The zero-order valence-electron chi connectivity index (χ0n) is 12.8. The third kappa shape index (κ3) is 3.61. The van der Waals surface area contributed by atoms with E-state index in [1.54, 1.807) is 7.11 Å². The molecule has 1 unspecified atom stereocenters. The fraction of sp³-hybridized carbons (Fsp3) is 0.647. The van der Waals surface area contributed by atoms with Crippen LogP contribution >= 0.6 is 15.9 Å². The molecule has 3 nitrogen and oxygen atoms in total. The molecule has 2 heterocycles. The summed E-state index contributed by atoms with van der Waals surface area (Å²) in [5.41, 5.74) is 1.79. The van der Waals surface area contributed by atoms with Gasteiger partial charge in [-0.1, -0.05) is 15.9 Å². The third-order valence-corrected chi connectivity index (χ3v) is 5.43. The maximum absolute atomic E-state index is 5.52. The van der Waals surface area contributed by atoms with Gasteiger partial charge in [0, 0.05) is 29.7 Å². The quantitative estimate of drug-likeness (QED) is 0.901. The fourth-order valence-corrected chi connectivity index (χ4v) is 4.34. The van der Waals surface area contributed by atoms with E-state index in [0.717, 1.165) is 16.8 Å². The smallest absolute Gasteiger partial charge is 0.123 e. The van der Waals surface area contributed by atoms with E-state index in [1.807, 2.05) is 6.07 Å². The van der Waals surface area contributed by atoms with E-state index in [0.29, 0.717) is 5.41 Å². The number of halogens is 1. The summed E-state index contributed by atoms with van der Waals surface area (Å²) < 4.78 is 6.65. The lowest BCUT2D eigenvalue weighted by Gasteiger charge is -2.45. The average molecular weight is 353 g/mol. The van der Waals surface area contributed by atoms with Crippen LogP contribution in [0.3, 0.4) is 0 Å². The van der Waals surface area contributed by atoms with Gasteiger partial charge in [-0.2, -0.15) is 0 Å². The zero-order chi connectivity index (χ0) is 14.7. The number of nitrogens with zero attached hydrogens (tertiary/aromatic N) is 1. The van der Waals surface area contributed by atoms with Gasteiger partial charge in [0.2, 0.25) is 0 Å². The summed E-state index contributed by atoms with van der Waals surface area (Å²) in [5.74, 6) is 1.000. The van der Waals surface area contributed by atoms with E-state index in [4.69, 9.17) is 4.74 Å². The van der Waals surface area contributed by atoms with Crippen LogP contribution in [0, 0.1) is 5.41 Å². The Balaban J connectivity index is 1.71. The monoisotopic (exact) mass is 352 g/mol. The molecule has 2 fully saturated rings. The lowest BCUT2D eigenvalue weighted by atomic mass is 9.74. The van der Waals surface area contributed by atoms with E-state index >= 15 is 0 Å². The molecular weight excluding hydrogens is 328 g/mol. The molecule has 0 saturated carbocycles. The molecule has 0 aliphatic carbocycles. The average Bonchev–Trinajstić information content (AvgIpc) is 2.48. The van der Waals surface area contributed by atoms with Crippen molar-refractivity contribution in [1.29, 1.82) is 0 Å². The van der Waals surface area contributed by atoms with E-state index in [-0.39, 0.29) is 0 Å². The number of methoxy groups -OCH3 is 1. The van der Waals surface area contributed by atoms with Crippen LogP contribution in [0.2, 0.25) is 0 Å². The SMILES string of the molecule is COc1ccc(Br)cc1CN1CCCC2(CCCNC2)C1. The summed E-state index contributed by atoms with van der Waals surface area (Å²) in [6.07, 6.45) is 5.41. The maximum Gasteiger partial charge on any atom is 0.123 e. The Bertz CT molecular complexity index is 480. The minimum Gasteiger partial charge on any atom is -0.496 e. The number of rotatable bonds is 3. The van der Waals surface area contributed by atoms with Crippen LogP contribution < -0.4 is 10.1 Å². The van der Waals surface area contributed by atoms with E-state index in [2.05, 4.69) is 38.3 Å². The lowest BCUT2D eigenvalue weighted by molar-refractivity contribution is 0.0596. The van der Waals surface area contributed by atoms with Crippen LogP contribution in [0.25, 0.3) is 0 Å². The van der Waals surface area contributed by atoms with Gasteiger partial charge in [0.05, 0.1) is 7.11 Å². The molecule has 0 bridgehead atoms. The number of hydrogen-bond donors (Lipinski definition) is 1. The Morgan fingerprint density at radius 2 is 2.19 bits per heavy atom. The molecule has 2 aliphatic rings. The second-order valence-electron chi connectivity index (χ2n) is 6.55. The van der Waals surface area contributed by atoms with Crippen LogP contribution in [0.5, 0.6) is 5.75 Å². The lowest BCUT2D eigenvalue weighted by Crippen LogP contribution is -2.50. The van der Waals surface area contributed by atoms with Gasteiger partial charge in [-0.05, 0) is 62.4 Å². The highest BCUT2D eigenvalue weighted by Gasteiger charge is 2.36. The number of likely N-dealkylation sites (tertiary alicyclic amines) is 1. The van der Waals surface area contributed by atoms with E-state index < -0.39 is 0 Å². The summed E-state index contributed by atoms with van der Waals surface area (Å²) in [7, 11) is 1.76. The molecule has 1 aromatic rings. The van der Waals surface area contributed by atoms with Crippen molar-refractivity contribution in [2.75, 3.05) is 33.3 Å². The highest BCUT2D eigenvalue weighted by molar-refractivity contribution is 9.10. The van der Waals surface area contributed by atoms with Crippen molar-refractivity contribution in [1.82, 2.24) is 10.2 Å². The maximum atomic E-state index is 5.52. The highest BCUT2D eigenvalue weighted by Crippen LogP contribution is 2.37. The molecule has 116 valence electrons. The zero-order valence-corrected chi connectivity index (χ0v) is 14.4. The summed E-state index contributed by atoms with van der Waals surface area (Å²) in [4.78, 5) is 2.61. The predicted octanol–water partition coefficient (Wildman–Crippen LogP) is 3.42. The molecule has 1 N–H and O–H groups in total. The number of benzene rings is 1. The Labute approximate surface area is 136 Å². The summed E-state index contributed by atoms with van der Waals surface area (Å²) in [6.45, 7) is 5.80. The van der Waals surface area contributed by atoms with Gasteiger partial charge >= 0.3 is 0 Å². The predicted molar refractivity (Wildman–Crippen MR) is 89.7 cm³/mol. The molecule has 1 spiro atoms. The Morgan fingerprint density at radius 1 is 1.33 bits per heavy atom. The van der Waals surface area contributed by atoms with Gasteiger partial charge in [-0.25, -0.2) is 0 Å². The minimum atomic E-state index is 0.510.